The highest BCUT2D eigenvalue weighted by atomic mass is 19.1. The van der Waals surface area contributed by atoms with Crippen LogP contribution in [0.1, 0.15) is 38.3 Å². The number of aliphatic carboxylic acids is 1. The number of carboxylic acids is 1. The second-order valence-electron chi connectivity index (χ2n) is 8.44. The maximum Gasteiger partial charge on any atom is 0.410 e. The average molecular weight is 494 g/mol. The smallest absolute Gasteiger partial charge is 0.410 e. The normalized spacial score (nSPS) is 11.8. The molecule has 1 unspecified atom stereocenters. The van der Waals surface area contributed by atoms with Gasteiger partial charge in [-0.15, -0.1) is 0 Å². The standard InChI is InChI=1S/C26H33F2NO6/c1-4-33-24(25(30)31)15-19-5-9-22(10-6-19)34-14-13-29(12-11-18(2)3)26(32)35-17-20-7-8-21(27)16-23(20)28/h5-10,16,18,24H,4,11-15,17H2,1-3H3,(H,30,31). The van der Waals surface area contributed by atoms with Crippen molar-refractivity contribution in [1.82, 2.24) is 4.90 Å². The van der Waals surface area contributed by atoms with Crippen LogP contribution in [0.25, 0.3) is 0 Å². The number of hydrogen-bond acceptors (Lipinski definition) is 5. The van der Waals surface area contributed by atoms with Gasteiger partial charge in [0.05, 0.1) is 6.54 Å². The van der Waals surface area contributed by atoms with Crippen LogP contribution in [-0.4, -0.2) is 54.5 Å². The summed E-state index contributed by atoms with van der Waals surface area (Å²) in [6.07, 6.45) is -0.522. The minimum atomic E-state index is -1.01. The van der Waals surface area contributed by atoms with E-state index in [2.05, 4.69) is 0 Å². The third-order valence-electron chi connectivity index (χ3n) is 5.22. The van der Waals surface area contributed by atoms with Crippen LogP contribution in [0, 0.1) is 17.6 Å². The lowest BCUT2D eigenvalue weighted by Gasteiger charge is -2.23. The van der Waals surface area contributed by atoms with Gasteiger partial charge in [0.15, 0.2) is 6.10 Å². The molecule has 0 aromatic heterocycles. The molecule has 0 heterocycles. The average Bonchev–Trinajstić information content (AvgIpc) is 2.81. The molecule has 0 saturated heterocycles. The number of rotatable bonds is 14. The Morgan fingerprint density at radius 3 is 2.37 bits per heavy atom. The third kappa shape index (κ3) is 9.90. The van der Waals surface area contributed by atoms with Crippen LogP contribution in [0.4, 0.5) is 13.6 Å². The van der Waals surface area contributed by atoms with Crippen LogP contribution < -0.4 is 4.74 Å². The molecular formula is C26H33F2NO6. The van der Waals surface area contributed by atoms with Crippen molar-refractivity contribution in [3.05, 3.63) is 65.2 Å². The lowest BCUT2D eigenvalue weighted by molar-refractivity contribution is -0.149. The van der Waals surface area contributed by atoms with E-state index >= 15 is 0 Å². The predicted molar refractivity (Wildman–Crippen MR) is 126 cm³/mol. The zero-order valence-corrected chi connectivity index (χ0v) is 20.3. The van der Waals surface area contributed by atoms with Gasteiger partial charge in [-0.2, -0.15) is 0 Å². The van der Waals surface area contributed by atoms with Crippen LogP contribution in [0.2, 0.25) is 0 Å². The largest absolute Gasteiger partial charge is 0.492 e. The Kier molecular flexibility index (Phi) is 11.4. The SMILES string of the molecule is CCOC(Cc1ccc(OCCN(CCC(C)C)C(=O)OCc2ccc(F)cc2F)cc1)C(=O)O. The molecule has 2 rings (SSSR count). The molecule has 0 aliphatic heterocycles. The first-order chi connectivity index (χ1) is 16.7. The van der Waals surface area contributed by atoms with Gasteiger partial charge >= 0.3 is 12.1 Å². The molecule has 2 aromatic rings. The number of carbonyl (C=O) groups excluding carboxylic acids is 1. The first kappa shape index (κ1) is 28.0. The van der Waals surface area contributed by atoms with Crippen molar-refractivity contribution in [3.8, 4) is 5.75 Å². The molecule has 0 spiro atoms. The minimum absolute atomic E-state index is 0.0920. The summed E-state index contributed by atoms with van der Waals surface area (Å²) in [5, 5.41) is 9.21. The number of amides is 1. The van der Waals surface area contributed by atoms with Crippen molar-refractivity contribution in [1.29, 1.82) is 0 Å². The van der Waals surface area contributed by atoms with Gasteiger partial charge in [0.2, 0.25) is 0 Å². The van der Waals surface area contributed by atoms with Crippen LogP contribution in [0.3, 0.4) is 0 Å². The van der Waals surface area contributed by atoms with Gasteiger partial charge in [0.25, 0.3) is 0 Å². The Bertz CT molecular complexity index is 951. The topological polar surface area (TPSA) is 85.3 Å². The van der Waals surface area contributed by atoms with E-state index in [0.717, 1.165) is 24.1 Å². The zero-order chi connectivity index (χ0) is 25.8. The Morgan fingerprint density at radius 2 is 1.77 bits per heavy atom. The molecule has 1 amide bonds. The van der Waals surface area contributed by atoms with E-state index in [1.165, 1.54) is 11.0 Å². The second kappa shape index (κ2) is 14.3. The number of nitrogens with zero attached hydrogens (tertiary/aromatic N) is 1. The second-order valence-corrected chi connectivity index (χ2v) is 8.44. The van der Waals surface area contributed by atoms with E-state index in [9.17, 15) is 23.5 Å². The van der Waals surface area contributed by atoms with Gasteiger partial charge in [0.1, 0.15) is 30.6 Å². The van der Waals surface area contributed by atoms with Gasteiger partial charge in [-0.05, 0) is 49.1 Å². The number of ether oxygens (including phenoxy) is 3. The molecule has 0 bridgehead atoms. The Labute approximate surface area is 204 Å². The summed E-state index contributed by atoms with van der Waals surface area (Å²) in [6.45, 7) is 6.73. The monoisotopic (exact) mass is 493 g/mol. The summed E-state index contributed by atoms with van der Waals surface area (Å²) >= 11 is 0. The Morgan fingerprint density at radius 1 is 1.06 bits per heavy atom. The summed E-state index contributed by atoms with van der Waals surface area (Å²) < 4.78 is 43.1. The lowest BCUT2D eigenvalue weighted by Crippen LogP contribution is -2.36. The highest BCUT2D eigenvalue weighted by Gasteiger charge is 2.19. The molecule has 0 radical (unpaired) electrons. The molecule has 1 atom stereocenters. The predicted octanol–water partition coefficient (Wildman–Crippen LogP) is 5.06. The third-order valence-corrected chi connectivity index (χ3v) is 5.22. The van der Waals surface area contributed by atoms with E-state index in [0.29, 0.717) is 24.8 Å². The minimum Gasteiger partial charge on any atom is -0.492 e. The van der Waals surface area contributed by atoms with Crippen LogP contribution in [0.15, 0.2) is 42.5 Å². The van der Waals surface area contributed by atoms with E-state index in [1.54, 1.807) is 31.2 Å². The summed E-state index contributed by atoms with van der Waals surface area (Å²) in [4.78, 5) is 25.3. The highest BCUT2D eigenvalue weighted by Crippen LogP contribution is 2.16. The Balaban J connectivity index is 1.89. The number of benzene rings is 2. The van der Waals surface area contributed by atoms with Crippen LogP contribution in [0.5, 0.6) is 5.75 Å². The molecule has 9 heteroatoms. The molecular weight excluding hydrogens is 460 g/mol. The van der Waals surface area contributed by atoms with E-state index in [1.807, 2.05) is 13.8 Å². The fourth-order valence-corrected chi connectivity index (χ4v) is 3.21. The summed E-state index contributed by atoms with van der Waals surface area (Å²) in [5.74, 6) is -1.54. The highest BCUT2D eigenvalue weighted by molar-refractivity contribution is 5.72. The number of hydrogen-bond donors (Lipinski definition) is 1. The molecule has 0 aliphatic rings. The van der Waals surface area contributed by atoms with Crippen LogP contribution in [-0.2, 0) is 27.3 Å². The van der Waals surface area contributed by atoms with Gasteiger partial charge in [-0.25, -0.2) is 18.4 Å². The van der Waals surface area contributed by atoms with Gasteiger partial charge in [0, 0.05) is 31.2 Å². The first-order valence-electron chi connectivity index (χ1n) is 11.6. The summed E-state index contributed by atoms with van der Waals surface area (Å²) in [5.41, 5.74) is 0.891. The summed E-state index contributed by atoms with van der Waals surface area (Å²) in [7, 11) is 0. The van der Waals surface area contributed by atoms with E-state index in [4.69, 9.17) is 14.2 Å². The van der Waals surface area contributed by atoms with Crippen molar-refractivity contribution in [3.63, 3.8) is 0 Å². The van der Waals surface area contributed by atoms with Crippen molar-refractivity contribution in [2.45, 2.75) is 46.3 Å². The summed E-state index contributed by atoms with van der Waals surface area (Å²) in [6, 6.07) is 10.1. The molecule has 192 valence electrons. The maximum atomic E-state index is 13.8. The lowest BCUT2D eigenvalue weighted by atomic mass is 10.1. The molecule has 2 aromatic carbocycles. The molecule has 7 nitrogen and oxygen atoms in total. The Hall–Kier alpha value is -3.20. The molecule has 0 saturated carbocycles. The van der Waals surface area contributed by atoms with E-state index in [-0.39, 0.29) is 31.7 Å². The molecule has 0 fully saturated rings. The van der Waals surface area contributed by atoms with Crippen molar-refractivity contribution in [2.75, 3.05) is 26.3 Å². The van der Waals surface area contributed by atoms with Gasteiger partial charge in [-0.1, -0.05) is 26.0 Å². The number of carboxylic acid groups (broad SMARTS) is 1. The quantitative estimate of drug-likeness (QED) is 0.396. The van der Waals surface area contributed by atoms with Crippen molar-refractivity contribution < 1.29 is 37.7 Å². The number of halogens is 2. The van der Waals surface area contributed by atoms with Crippen molar-refractivity contribution in [2.24, 2.45) is 5.92 Å². The van der Waals surface area contributed by atoms with Crippen LogP contribution >= 0.6 is 0 Å². The maximum absolute atomic E-state index is 13.8. The fraction of sp³-hybridized carbons (Fsp3) is 0.462. The zero-order valence-electron chi connectivity index (χ0n) is 20.3. The van der Waals surface area contributed by atoms with E-state index < -0.39 is 29.8 Å². The molecule has 35 heavy (non-hydrogen) atoms. The fourth-order valence-electron chi connectivity index (χ4n) is 3.21. The number of carbonyl (C=O) groups is 2. The van der Waals surface area contributed by atoms with Gasteiger partial charge in [-0.3, -0.25) is 0 Å². The first-order valence-corrected chi connectivity index (χ1v) is 11.6. The van der Waals surface area contributed by atoms with Crippen molar-refractivity contribution >= 4 is 12.1 Å². The molecule has 0 aliphatic carbocycles. The molecule has 1 N–H and O–H groups in total. The van der Waals surface area contributed by atoms with Gasteiger partial charge < -0.3 is 24.2 Å².